The van der Waals surface area contributed by atoms with Crippen molar-refractivity contribution in [3.8, 4) is 0 Å². The lowest BCUT2D eigenvalue weighted by Gasteiger charge is -2.41. The van der Waals surface area contributed by atoms with Gasteiger partial charge in [0.1, 0.15) is 6.10 Å². The summed E-state index contributed by atoms with van der Waals surface area (Å²) in [6.45, 7) is 12.7. The minimum Gasteiger partial charge on any atom is -0.431 e. The van der Waals surface area contributed by atoms with E-state index in [9.17, 15) is 4.79 Å². The standard InChI is InChI=1S/C19H30O4Si2/c1-24(2,3)22-17(13-12-16-10-8-7-9-11-16)19(23-25(4,5)6)15-14-18(20)21-19/h7-13,17H,14-15H2,1-6H3/b13-12+. The lowest BCUT2D eigenvalue weighted by atomic mass is 10.1. The van der Waals surface area contributed by atoms with E-state index in [-0.39, 0.29) is 5.97 Å². The zero-order valence-corrected chi connectivity index (χ0v) is 18.2. The van der Waals surface area contributed by atoms with E-state index in [0.29, 0.717) is 12.8 Å². The van der Waals surface area contributed by atoms with Gasteiger partial charge in [-0.05, 0) is 50.9 Å². The third-order valence-electron chi connectivity index (χ3n) is 3.62. The maximum absolute atomic E-state index is 11.9. The first-order valence-electron chi connectivity index (χ1n) is 8.82. The lowest BCUT2D eigenvalue weighted by molar-refractivity contribution is -0.204. The molecule has 0 bridgehead atoms. The number of hydrogen-bond donors (Lipinski definition) is 0. The number of hydrogen-bond acceptors (Lipinski definition) is 4. The number of rotatable bonds is 7. The number of carbonyl (C=O) groups is 1. The molecule has 0 spiro atoms. The molecule has 0 radical (unpaired) electrons. The average molecular weight is 379 g/mol. The van der Waals surface area contributed by atoms with E-state index in [4.69, 9.17) is 13.6 Å². The van der Waals surface area contributed by atoms with Crippen molar-refractivity contribution in [3.05, 3.63) is 42.0 Å². The summed E-state index contributed by atoms with van der Waals surface area (Å²) >= 11 is 0. The van der Waals surface area contributed by atoms with Crippen LogP contribution in [-0.2, 0) is 18.4 Å². The molecular weight excluding hydrogens is 348 g/mol. The second kappa shape index (κ2) is 7.57. The highest BCUT2D eigenvalue weighted by Crippen LogP contribution is 2.37. The topological polar surface area (TPSA) is 44.8 Å². The van der Waals surface area contributed by atoms with Crippen molar-refractivity contribution < 1.29 is 18.4 Å². The Morgan fingerprint density at radius 3 is 2.20 bits per heavy atom. The van der Waals surface area contributed by atoms with Crippen LogP contribution >= 0.6 is 0 Å². The summed E-state index contributed by atoms with van der Waals surface area (Å²) in [7, 11) is -3.82. The summed E-state index contributed by atoms with van der Waals surface area (Å²) in [4.78, 5) is 11.9. The van der Waals surface area contributed by atoms with E-state index in [2.05, 4.69) is 39.3 Å². The highest BCUT2D eigenvalue weighted by atomic mass is 28.4. The molecule has 1 fully saturated rings. The maximum Gasteiger partial charge on any atom is 0.308 e. The molecule has 2 rings (SSSR count). The van der Waals surface area contributed by atoms with Gasteiger partial charge in [0.2, 0.25) is 5.79 Å². The van der Waals surface area contributed by atoms with Crippen molar-refractivity contribution in [1.29, 1.82) is 0 Å². The van der Waals surface area contributed by atoms with Gasteiger partial charge in [0.05, 0.1) is 6.42 Å². The van der Waals surface area contributed by atoms with E-state index in [0.717, 1.165) is 5.56 Å². The van der Waals surface area contributed by atoms with E-state index in [1.165, 1.54) is 0 Å². The fourth-order valence-electron chi connectivity index (χ4n) is 2.84. The summed E-state index contributed by atoms with van der Waals surface area (Å²) in [5.74, 6) is -1.22. The normalized spacial score (nSPS) is 23.0. The van der Waals surface area contributed by atoms with Crippen LogP contribution in [0.3, 0.4) is 0 Å². The molecule has 6 heteroatoms. The Morgan fingerprint density at radius 1 is 1.08 bits per heavy atom. The molecule has 0 amide bonds. The van der Waals surface area contributed by atoms with Crippen LogP contribution in [-0.4, -0.2) is 34.5 Å². The summed E-state index contributed by atoms with van der Waals surface area (Å²) in [6.07, 6.45) is 4.51. The molecule has 1 aliphatic rings. The average Bonchev–Trinajstić information content (AvgIpc) is 2.83. The molecular formula is C19H30O4Si2. The summed E-state index contributed by atoms with van der Waals surface area (Å²) in [5.41, 5.74) is 1.08. The van der Waals surface area contributed by atoms with Gasteiger partial charge in [-0.25, -0.2) is 0 Å². The van der Waals surface area contributed by atoms with Crippen LogP contribution in [0.2, 0.25) is 39.3 Å². The van der Waals surface area contributed by atoms with Gasteiger partial charge >= 0.3 is 5.97 Å². The van der Waals surface area contributed by atoms with Crippen molar-refractivity contribution in [2.75, 3.05) is 0 Å². The zero-order chi connectivity index (χ0) is 18.7. The molecule has 0 aromatic heterocycles. The lowest BCUT2D eigenvalue weighted by Crippen LogP contribution is -2.53. The van der Waals surface area contributed by atoms with Gasteiger partial charge in [-0.3, -0.25) is 4.79 Å². The molecule has 0 saturated carbocycles. The molecule has 1 aromatic rings. The minimum absolute atomic E-state index is 0.212. The maximum atomic E-state index is 11.9. The molecule has 2 unspecified atom stereocenters. The first-order valence-corrected chi connectivity index (χ1v) is 15.6. The Hall–Kier alpha value is -1.22. The van der Waals surface area contributed by atoms with Crippen molar-refractivity contribution in [1.82, 2.24) is 0 Å². The Balaban J connectivity index is 2.36. The number of ether oxygens (including phenoxy) is 1. The van der Waals surface area contributed by atoms with E-state index in [1.807, 2.05) is 42.5 Å². The second-order valence-corrected chi connectivity index (χ2v) is 17.3. The van der Waals surface area contributed by atoms with Crippen molar-refractivity contribution in [2.24, 2.45) is 0 Å². The largest absolute Gasteiger partial charge is 0.431 e. The Kier molecular flexibility index (Phi) is 6.09. The smallest absolute Gasteiger partial charge is 0.308 e. The van der Waals surface area contributed by atoms with Crippen LogP contribution in [0, 0.1) is 0 Å². The van der Waals surface area contributed by atoms with E-state index < -0.39 is 28.5 Å². The molecule has 1 aliphatic heterocycles. The summed E-state index contributed by atoms with van der Waals surface area (Å²) < 4.78 is 18.5. The molecule has 25 heavy (non-hydrogen) atoms. The highest BCUT2D eigenvalue weighted by molar-refractivity contribution is 6.70. The molecule has 1 aromatic carbocycles. The van der Waals surface area contributed by atoms with Crippen LogP contribution in [0.4, 0.5) is 0 Å². The number of cyclic esters (lactones) is 1. The molecule has 0 aliphatic carbocycles. The summed E-state index contributed by atoms with van der Waals surface area (Å²) in [5, 5.41) is 0. The third kappa shape index (κ3) is 6.22. The predicted molar refractivity (Wildman–Crippen MR) is 106 cm³/mol. The van der Waals surface area contributed by atoms with Crippen LogP contribution in [0.25, 0.3) is 6.08 Å². The molecule has 1 heterocycles. The van der Waals surface area contributed by atoms with Gasteiger partial charge in [-0.2, -0.15) is 0 Å². The van der Waals surface area contributed by atoms with Crippen LogP contribution in [0.15, 0.2) is 36.4 Å². The number of benzene rings is 1. The van der Waals surface area contributed by atoms with Gasteiger partial charge in [-0.15, -0.1) is 0 Å². The second-order valence-electron chi connectivity index (χ2n) is 8.42. The van der Waals surface area contributed by atoms with Gasteiger partial charge in [0, 0.05) is 6.42 Å². The van der Waals surface area contributed by atoms with Gasteiger partial charge in [0.15, 0.2) is 16.6 Å². The third-order valence-corrected chi connectivity index (χ3v) is 5.54. The number of carbonyl (C=O) groups excluding carboxylic acids is 1. The molecule has 138 valence electrons. The Labute approximate surface area is 153 Å². The SMILES string of the molecule is C[Si](C)(C)OC(/C=C/c1ccccc1)C1(O[Si](C)(C)C)CCC(=O)O1. The van der Waals surface area contributed by atoms with Crippen molar-refractivity contribution in [3.63, 3.8) is 0 Å². The number of esters is 1. The first kappa shape index (κ1) is 20.1. The molecule has 4 nitrogen and oxygen atoms in total. The fraction of sp³-hybridized carbons (Fsp3) is 0.526. The van der Waals surface area contributed by atoms with Crippen molar-refractivity contribution in [2.45, 2.75) is 64.0 Å². The van der Waals surface area contributed by atoms with Crippen LogP contribution < -0.4 is 0 Å². The van der Waals surface area contributed by atoms with Crippen molar-refractivity contribution >= 4 is 28.7 Å². The highest BCUT2D eigenvalue weighted by Gasteiger charge is 2.51. The van der Waals surface area contributed by atoms with E-state index in [1.54, 1.807) is 0 Å². The summed E-state index contributed by atoms with van der Waals surface area (Å²) in [6, 6.07) is 10.1. The minimum atomic E-state index is -1.95. The zero-order valence-electron chi connectivity index (χ0n) is 16.2. The fourth-order valence-corrected chi connectivity index (χ4v) is 5.16. The van der Waals surface area contributed by atoms with Gasteiger partial charge in [-0.1, -0.05) is 36.4 Å². The quantitative estimate of drug-likeness (QED) is 0.505. The molecule has 0 N–H and O–H groups in total. The van der Waals surface area contributed by atoms with Gasteiger partial charge in [0.25, 0.3) is 0 Å². The molecule has 1 saturated heterocycles. The Bertz CT molecular complexity index is 617. The van der Waals surface area contributed by atoms with Crippen LogP contribution in [0.5, 0.6) is 0 Å². The van der Waals surface area contributed by atoms with Crippen LogP contribution in [0.1, 0.15) is 18.4 Å². The molecule has 2 atom stereocenters. The monoisotopic (exact) mass is 378 g/mol. The Morgan fingerprint density at radius 2 is 1.72 bits per heavy atom. The van der Waals surface area contributed by atoms with Gasteiger partial charge < -0.3 is 13.6 Å². The predicted octanol–water partition coefficient (Wildman–Crippen LogP) is 4.80. The van der Waals surface area contributed by atoms with E-state index >= 15 is 0 Å². The first-order chi connectivity index (χ1) is 11.5.